The Morgan fingerprint density at radius 3 is 2.85 bits per heavy atom. The highest BCUT2D eigenvalue weighted by molar-refractivity contribution is 8.03. The molecular formula is C11H18OS. The Labute approximate surface area is 84.6 Å². The van der Waals surface area contributed by atoms with Crippen LogP contribution < -0.4 is 0 Å². The van der Waals surface area contributed by atoms with Crippen molar-refractivity contribution in [1.82, 2.24) is 0 Å². The Morgan fingerprint density at radius 2 is 2.15 bits per heavy atom. The molecule has 1 N–H and O–H groups in total. The third-order valence-corrected chi connectivity index (χ3v) is 4.63. The van der Waals surface area contributed by atoms with E-state index < -0.39 is 0 Å². The summed E-state index contributed by atoms with van der Waals surface area (Å²) in [6.45, 7) is 4.44. The van der Waals surface area contributed by atoms with Gasteiger partial charge in [-0.15, -0.1) is 11.8 Å². The van der Waals surface area contributed by atoms with E-state index in [-0.39, 0.29) is 6.10 Å². The number of hydrogen-bond acceptors (Lipinski definition) is 2. The van der Waals surface area contributed by atoms with Crippen molar-refractivity contribution >= 4 is 11.8 Å². The van der Waals surface area contributed by atoms with Gasteiger partial charge in [-0.25, -0.2) is 0 Å². The predicted molar refractivity (Wildman–Crippen MR) is 57.6 cm³/mol. The van der Waals surface area contributed by atoms with Crippen LogP contribution in [0.4, 0.5) is 0 Å². The van der Waals surface area contributed by atoms with Gasteiger partial charge in [0.2, 0.25) is 0 Å². The van der Waals surface area contributed by atoms with E-state index >= 15 is 0 Å². The van der Waals surface area contributed by atoms with Gasteiger partial charge in [-0.1, -0.05) is 19.9 Å². The van der Waals surface area contributed by atoms with Gasteiger partial charge < -0.3 is 5.11 Å². The molecule has 0 saturated heterocycles. The molecular weight excluding hydrogens is 180 g/mol. The minimum atomic E-state index is -0.0614. The highest BCUT2D eigenvalue weighted by atomic mass is 32.2. The lowest BCUT2D eigenvalue weighted by molar-refractivity contribution is 0.0368. The van der Waals surface area contributed by atoms with Crippen LogP contribution in [0.2, 0.25) is 0 Å². The minimum absolute atomic E-state index is 0.0614. The molecule has 0 spiro atoms. The quantitative estimate of drug-likeness (QED) is 0.699. The molecule has 0 aromatic carbocycles. The molecule has 1 saturated carbocycles. The SMILES string of the molecule is CC(C)[C@H]1CC2C=CSC2CC1O. The molecule has 3 unspecified atom stereocenters. The monoisotopic (exact) mass is 198 g/mol. The fourth-order valence-electron chi connectivity index (χ4n) is 2.53. The minimum Gasteiger partial charge on any atom is -0.393 e. The number of fused-ring (bicyclic) bond motifs is 1. The van der Waals surface area contributed by atoms with Crippen LogP contribution in [0.15, 0.2) is 11.5 Å². The largest absolute Gasteiger partial charge is 0.393 e. The molecule has 2 rings (SSSR count). The van der Waals surface area contributed by atoms with Gasteiger partial charge in [-0.2, -0.15) is 0 Å². The fourth-order valence-corrected chi connectivity index (χ4v) is 3.74. The van der Waals surface area contributed by atoms with Gasteiger partial charge in [0.15, 0.2) is 0 Å². The molecule has 4 atom stereocenters. The topological polar surface area (TPSA) is 20.2 Å². The second-order valence-corrected chi connectivity index (χ2v) is 5.76. The molecule has 1 nitrogen and oxygen atoms in total. The molecule has 1 aliphatic carbocycles. The number of hydrogen-bond donors (Lipinski definition) is 1. The fraction of sp³-hybridized carbons (Fsp3) is 0.818. The van der Waals surface area contributed by atoms with Crippen LogP contribution in [0.25, 0.3) is 0 Å². The van der Waals surface area contributed by atoms with E-state index in [1.165, 1.54) is 6.42 Å². The van der Waals surface area contributed by atoms with Crippen LogP contribution in [0.3, 0.4) is 0 Å². The first-order valence-electron chi connectivity index (χ1n) is 5.18. The molecule has 0 bridgehead atoms. The van der Waals surface area contributed by atoms with Crippen LogP contribution in [0.5, 0.6) is 0 Å². The Hall–Kier alpha value is 0.0500. The third kappa shape index (κ3) is 1.79. The summed E-state index contributed by atoms with van der Waals surface area (Å²) in [6, 6.07) is 0. The van der Waals surface area contributed by atoms with Crippen molar-refractivity contribution in [2.24, 2.45) is 17.8 Å². The van der Waals surface area contributed by atoms with E-state index in [2.05, 4.69) is 25.3 Å². The smallest absolute Gasteiger partial charge is 0.0581 e. The Kier molecular flexibility index (Phi) is 2.70. The molecule has 0 aromatic heterocycles. The lowest BCUT2D eigenvalue weighted by Gasteiger charge is -2.37. The van der Waals surface area contributed by atoms with E-state index in [9.17, 15) is 5.11 Å². The van der Waals surface area contributed by atoms with Gasteiger partial charge in [0.05, 0.1) is 6.10 Å². The van der Waals surface area contributed by atoms with Crippen LogP contribution in [-0.2, 0) is 0 Å². The zero-order chi connectivity index (χ0) is 9.42. The first kappa shape index (κ1) is 9.60. The summed E-state index contributed by atoms with van der Waals surface area (Å²) >= 11 is 1.90. The second kappa shape index (κ2) is 3.66. The van der Waals surface area contributed by atoms with Crippen LogP contribution >= 0.6 is 11.8 Å². The highest BCUT2D eigenvalue weighted by Crippen LogP contribution is 2.44. The summed E-state index contributed by atoms with van der Waals surface area (Å²) in [7, 11) is 0. The summed E-state index contributed by atoms with van der Waals surface area (Å²) in [5, 5.41) is 12.8. The highest BCUT2D eigenvalue weighted by Gasteiger charge is 2.38. The summed E-state index contributed by atoms with van der Waals surface area (Å²) < 4.78 is 0. The van der Waals surface area contributed by atoms with Crippen molar-refractivity contribution in [2.45, 2.75) is 38.0 Å². The van der Waals surface area contributed by atoms with Gasteiger partial charge in [0.1, 0.15) is 0 Å². The van der Waals surface area contributed by atoms with E-state index in [1.54, 1.807) is 0 Å². The molecule has 2 aliphatic rings. The Morgan fingerprint density at radius 1 is 1.38 bits per heavy atom. The maximum absolute atomic E-state index is 9.95. The molecule has 74 valence electrons. The number of aliphatic hydroxyl groups is 1. The number of allylic oxidation sites excluding steroid dienone is 1. The summed E-state index contributed by atoms with van der Waals surface area (Å²) in [5.41, 5.74) is 0. The van der Waals surface area contributed by atoms with E-state index in [0.29, 0.717) is 17.1 Å². The molecule has 1 heterocycles. The molecule has 2 heteroatoms. The normalized spacial score (nSPS) is 44.0. The van der Waals surface area contributed by atoms with E-state index in [0.717, 1.165) is 12.3 Å². The average molecular weight is 198 g/mol. The summed E-state index contributed by atoms with van der Waals surface area (Å²) in [6.07, 6.45) is 4.45. The van der Waals surface area contributed by atoms with Crippen LogP contribution in [0, 0.1) is 17.8 Å². The molecule has 1 aliphatic heterocycles. The number of aliphatic hydroxyl groups excluding tert-OH is 1. The van der Waals surface area contributed by atoms with Gasteiger partial charge >= 0.3 is 0 Å². The van der Waals surface area contributed by atoms with Crippen molar-refractivity contribution in [3.8, 4) is 0 Å². The Balaban J connectivity index is 2.04. The summed E-state index contributed by atoms with van der Waals surface area (Å²) in [5.74, 6) is 1.88. The van der Waals surface area contributed by atoms with Crippen molar-refractivity contribution in [3.05, 3.63) is 11.5 Å². The lowest BCUT2D eigenvalue weighted by Crippen LogP contribution is -2.37. The van der Waals surface area contributed by atoms with E-state index in [4.69, 9.17) is 0 Å². The molecule has 0 amide bonds. The van der Waals surface area contributed by atoms with E-state index in [1.807, 2.05) is 11.8 Å². The maximum atomic E-state index is 9.95. The number of rotatable bonds is 1. The molecule has 13 heavy (non-hydrogen) atoms. The molecule has 0 aromatic rings. The van der Waals surface area contributed by atoms with Crippen LogP contribution in [0.1, 0.15) is 26.7 Å². The third-order valence-electron chi connectivity index (χ3n) is 3.43. The lowest BCUT2D eigenvalue weighted by atomic mass is 9.74. The van der Waals surface area contributed by atoms with Crippen molar-refractivity contribution < 1.29 is 5.11 Å². The summed E-state index contributed by atoms with van der Waals surface area (Å²) in [4.78, 5) is 0. The van der Waals surface area contributed by atoms with Crippen LogP contribution in [-0.4, -0.2) is 16.5 Å². The van der Waals surface area contributed by atoms with Gasteiger partial charge in [0, 0.05) is 5.25 Å². The average Bonchev–Trinajstić information content (AvgIpc) is 2.48. The first-order valence-corrected chi connectivity index (χ1v) is 6.13. The van der Waals surface area contributed by atoms with Gasteiger partial charge in [-0.05, 0) is 36.0 Å². The number of thioether (sulfide) groups is 1. The second-order valence-electron chi connectivity index (χ2n) is 4.61. The zero-order valence-electron chi connectivity index (χ0n) is 8.31. The van der Waals surface area contributed by atoms with Crippen molar-refractivity contribution in [3.63, 3.8) is 0 Å². The van der Waals surface area contributed by atoms with Crippen molar-refractivity contribution in [1.29, 1.82) is 0 Å². The zero-order valence-corrected chi connectivity index (χ0v) is 9.13. The standard InChI is InChI=1S/C11H18OS/c1-7(2)9-5-8-3-4-13-11(8)6-10(9)12/h3-4,7-12H,5-6H2,1-2H3/t8?,9-,10?,11?/m1/s1. The van der Waals surface area contributed by atoms with Crippen molar-refractivity contribution in [2.75, 3.05) is 0 Å². The molecule has 1 fully saturated rings. The van der Waals surface area contributed by atoms with Gasteiger partial charge in [0.25, 0.3) is 0 Å². The first-order chi connectivity index (χ1) is 6.18. The predicted octanol–water partition coefficient (Wildman–Crippen LogP) is 2.66. The Bertz CT molecular complexity index is 212. The van der Waals surface area contributed by atoms with Gasteiger partial charge in [-0.3, -0.25) is 0 Å². The maximum Gasteiger partial charge on any atom is 0.0581 e. The molecule has 0 radical (unpaired) electrons.